The number of aromatic nitrogens is 2. The molecule has 1 saturated carbocycles. The first kappa shape index (κ1) is 13.6. The molecule has 0 bridgehead atoms. The lowest BCUT2D eigenvalue weighted by Gasteiger charge is -2.31. The van der Waals surface area contributed by atoms with Gasteiger partial charge in [-0.1, -0.05) is 12.8 Å². The predicted octanol–water partition coefficient (Wildman–Crippen LogP) is 2.15. The molecule has 0 radical (unpaired) electrons. The van der Waals surface area contributed by atoms with Crippen molar-refractivity contribution in [3.8, 4) is 0 Å². The Hall–Kier alpha value is -1.36. The van der Waals surface area contributed by atoms with Gasteiger partial charge in [-0.2, -0.15) is 5.10 Å². The number of hydrogen-bond donors (Lipinski definition) is 2. The summed E-state index contributed by atoms with van der Waals surface area (Å²) in [4.78, 5) is 2.39. The van der Waals surface area contributed by atoms with Gasteiger partial charge in [-0.05, 0) is 38.3 Å². The second kappa shape index (κ2) is 5.95. The van der Waals surface area contributed by atoms with Gasteiger partial charge in [-0.3, -0.25) is 15.0 Å². The topological polar surface area (TPSA) is 70.9 Å². The molecule has 0 spiro atoms. The number of amidine groups is 1. The standard InChI is InChI=1S/C15H25N5/c16-15(17)12-4-3-8-19(10-12)11-13-7-9-20(18-13)14-5-1-2-6-14/h7,9,12,14H,1-6,8,10-11H2,(H3,16,17). The van der Waals surface area contributed by atoms with E-state index in [0.29, 0.717) is 11.9 Å². The van der Waals surface area contributed by atoms with Crippen molar-refractivity contribution in [2.24, 2.45) is 11.7 Å². The van der Waals surface area contributed by atoms with Gasteiger partial charge in [0.15, 0.2) is 0 Å². The molecule has 1 aliphatic carbocycles. The summed E-state index contributed by atoms with van der Waals surface area (Å²) in [5.74, 6) is 0.576. The van der Waals surface area contributed by atoms with Crippen LogP contribution in [0.5, 0.6) is 0 Å². The summed E-state index contributed by atoms with van der Waals surface area (Å²) in [7, 11) is 0. The first-order chi connectivity index (χ1) is 9.72. The van der Waals surface area contributed by atoms with Crippen LogP contribution in [0.4, 0.5) is 0 Å². The van der Waals surface area contributed by atoms with E-state index >= 15 is 0 Å². The van der Waals surface area contributed by atoms with Gasteiger partial charge >= 0.3 is 0 Å². The van der Waals surface area contributed by atoms with E-state index in [9.17, 15) is 0 Å². The van der Waals surface area contributed by atoms with E-state index in [4.69, 9.17) is 16.2 Å². The highest BCUT2D eigenvalue weighted by molar-refractivity contribution is 5.79. The molecular weight excluding hydrogens is 250 g/mol. The van der Waals surface area contributed by atoms with Crippen LogP contribution in [-0.2, 0) is 6.54 Å². The summed E-state index contributed by atoms with van der Waals surface area (Å²) in [5, 5.41) is 12.4. The van der Waals surface area contributed by atoms with Crippen LogP contribution < -0.4 is 5.73 Å². The summed E-state index contributed by atoms with van der Waals surface area (Å²) in [5.41, 5.74) is 6.80. The van der Waals surface area contributed by atoms with Crippen LogP contribution in [0.3, 0.4) is 0 Å². The molecule has 3 N–H and O–H groups in total. The number of nitrogens with two attached hydrogens (primary N) is 1. The van der Waals surface area contributed by atoms with E-state index < -0.39 is 0 Å². The number of nitrogens with zero attached hydrogens (tertiary/aromatic N) is 3. The Morgan fingerprint density at radius 1 is 1.30 bits per heavy atom. The molecule has 2 fully saturated rings. The maximum atomic E-state index is 7.61. The minimum atomic E-state index is 0.237. The monoisotopic (exact) mass is 275 g/mol. The van der Waals surface area contributed by atoms with Crippen LogP contribution in [0.1, 0.15) is 50.3 Å². The van der Waals surface area contributed by atoms with Crippen molar-refractivity contribution in [2.75, 3.05) is 13.1 Å². The van der Waals surface area contributed by atoms with E-state index in [2.05, 4.69) is 21.8 Å². The molecular formula is C15H25N5. The molecule has 2 aliphatic rings. The minimum Gasteiger partial charge on any atom is -0.387 e. The summed E-state index contributed by atoms with van der Waals surface area (Å²) in [6, 6.07) is 2.77. The van der Waals surface area contributed by atoms with Gasteiger partial charge in [0.25, 0.3) is 0 Å². The first-order valence-corrected chi connectivity index (χ1v) is 7.82. The minimum absolute atomic E-state index is 0.237. The molecule has 3 rings (SSSR count). The summed E-state index contributed by atoms with van der Waals surface area (Å²) in [6.07, 6.45) is 9.56. The van der Waals surface area contributed by atoms with Crippen LogP contribution in [0, 0.1) is 11.3 Å². The molecule has 0 amide bonds. The van der Waals surface area contributed by atoms with Gasteiger partial charge in [0.1, 0.15) is 0 Å². The van der Waals surface area contributed by atoms with Gasteiger partial charge in [-0.25, -0.2) is 0 Å². The Morgan fingerprint density at radius 2 is 2.10 bits per heavy atom. The van der Waals surface area contributed by atoms with Crippen molar-refractivity contribution in [3.05, 3.63) is 18.0 Å². The fourth-order valence-electron chi connectivity index (χ4n) is 3.52. The van der Waals surface area contributed by atoms with E-state index in [-0.39, 0.29) is 5.92 Å². The summed E-state index contributed by atoms with van der Waals surface area (Å²) >= 11 is 0. The number of hydrogen-bond acceptors (Lipinski definition) is 3. The maximum absolute atomic E-state index is 7.61. The van der Waals surface area contributed by atoms with Gasteiger partial charge < -0.3 is 5.73 Å². The molecule has 5 nitrogen and oxygen atoms in total. The van der Waals surface area contributed by atoms with Crippen LogP contribution in [0.25, 0.3) is 0 Å². The van der Waals surface area contributed by atoms with Crippen LogP contribution in [-0.4, -0.2) is 33.6 Å². The second-order valence-corrected chi connectivity index (χ2v) is 6.25. The van der Waals surface area contributed by atoms with E-state index in [1.54, 1.807) is 0 Å². The lowest BCUT2D eigenvalue weighted by Crippen LogP contribution is -2.40. The average Bonchev–Trinajstić information content (AvgIpc) is 3.09. The number of nitrogens with one attached hydrogen (secondary N) is 1. The van der Waals surface area contributed by atoms with Crippen molar-refractivity contribution >= 4 is 5.84 Å². The Morgan fingerprint density at radius 3 is 2.85 bits per heavy atom. The van der Waals surface area contributed by atoms with Gasteiger partial charge in [0, 0.05) is 25.2 Å². The lowest BCUT2D eigenvalue weighted by atomic mass is 9.97. The number of piperidine rings is 1. The highest BCUT2D eigenvalue weighted by Crippen LogP contribution is 2.29. The average molecular weight is 275 g/mol. The fraction of sp³-hybridized carbons (Fsp3) is 0.733. The molecule has 0 aromatic carbocycles. The zero-order valence-electron chi connectivity index (χ0n) is 12.1. The van der Waals surface area contributed by atoms with Crippen LogP contribution in [0.15, 0.2) is 12.3 Å². The Kier molecular flexibility index (Phi) is 4.05. The highest BCUT2D eigenvalue weighted by atomic mass is 15.3. The van der Waals surface area contributed by atoms with Gasteiger partial charge in [-0.15, -0.1) is 0 Å². The molecule has 1 atom stereocenters. The number of likely N-dealkylation sites (tertiary alicyclic amines) is 1. The van der Waals surface area contributed by atoms with Crippen LogP contribution >= 0.6 is 0 Å². The van der Waals surface area contributed by atoms with Crippen LogP contribution in [0.2, 0.25) is 0 Å². The van der Waals surface area contributed by atoms with Crippen molar-refractivity contribution in [1.82, 2.24) is 14.7 Å². The fourth-order valence-corrected chi connectivity index (χ4v) is 3.52. The molecule has 110 valence electrons. The predicted molar refractivity (Wildman–Crippen MR) is 79.6 cm³/mol. The van der Waals surface area contributed by atoms with E-state index in [0.717, 1.165) is 38.2 Å². The summed E-state index contributed by atoms with van der Waals surface area (Å²) < 4.78 is 2.16. The zero-order valence-corrected chi connectivity index (χ0v) is 12.1. The molecule has 1 aliphatic heterocycles. The third-order valence-electron chi connectivity index (χ3n) is 4.69. The second-order valence-electron chi connectivity index (χ2n) is 6.25. The Labute approximate surface area is 120 Å². The SMILES string of the molecule is N=C(N)C1CCCN(Cc2ccn(C3CCCC3)n2)C1. The summed E-state index contributed by atoms with van der Waals surface area (Å²) in [6.45, 7) is 2.90. The third kappa shape index (κ3) is 3.03. The van der Waals surface area contributed by atoms with Gasteiger partial charge in [0.2, 0.25) is 0 Å². The van der Waals surface area contributed by atoms with Crippen molar-refractivity contribution in [2.45, 2.75) is 51.1 Å². The number of rotatable bonds is 4. The smallest absolute Gasteiger partial charge is 0.0949 e. The van der Waals surface area contributed by atoms with Crippen molar-refractivity contribution in [3.63, 3.8) is 0 Å². The van der Waals surface area contributed by atoms with Crippen molar-refractivity contribution in [1.29, 1.82) is 5.41 Å². The normalized spacial score (nSPS) is 25.1. The molecule has 1 aromatic heterocycles. The molecule has 1 aromatic rings. The maximum Gasteiger partial charge on any atom is 0.0949 e. The Bertz CT molecular complexity index is 461. The molecule has 20 heavy (non-hydrogen) atoms. The highest BCUT2D eigenvalue weighted by Gasteiger charge is 2.23. The molecule has 2 heterocycles. The van der Waals surface area contributed by atoms with E-state index in [1.807, 2.05) is 0 Å². The largest absolute Gasteiger partial charge is 0.387 e. The molecule has 1 saturated heterocycles. The first-order valence-electron chi connectivity index (χ1n) is 7.82. The third-order valence-corrected chi connectivity index (χ3v) is 4.69. The lowest BCUT2D eigenvalue weighted by molar-refractivity contribution is 0.193. The zero-order chi connectivity index (χ0) is 13.9. The van der Waals surface area contributed by atoms with Crippen molar-refractivity contribution < 1.29 is 0 Å². The van der Waals surface area contributed by atoms with Gasteiger partial charge in [0.05, 0.1) is 17.6 Å². The quantitative estimate of drug-likeness (QED) is 0.653. The molecule has 5 heteroatoms. The van der Waals surface area contributed by atoms with E-state index in [1.165, 1.54) is 25.7 Å². The molecule has 1 unspecified atom stereocenters. The Balaban J connectivity index is 1.58.